The highest BCUT2D eigenvalue weighted by atomic mass is 15.3. The summed E-state index contributed by atoms with van der Waals surface area (Å²) >= 11 is 0. The van der Waals surface area contributed by atoms with Gasteiger partial charge < -0.3 is 5.32 Å². The molecule has 0 saturated heterocycles. The van der Waals surface area contributed by atoms with Crippen molar-refractivity contribution in [2.45, 2.75) is 53.1 Å². The normalized spacial score (nSPS) is 12.6. The Labute approximate surface area is 128 Å². The third-order valence-electron chi connectivity index (χ3n) is 3.94. The van der Waals surface area contributed by atoms with Crippen LogP contribution < -0.4 is 5.32 Å². The van der Waals surface area contributed by atoms with Crippen molar-refractivity contribution in [1.82, 2.24) is 15.1 Å². The van der Waals surface area contributed by atoms with Crippen molar-refractivity contribution < 1.29 is 0 Å². The zero-order valence-electron chi connectivity index (χ0n) is 13.7. The van der Waals surface area contributed by atoms with E-state index in [-0.39, 0.29) is 0 Å². The third kappa shape index (κ3) is 4.18. The first kappa shape index (κ1) is 15.8. The Kier molecular flexibility index (Phi) is 5.57. The van der Waals surface area contributed by atoms with Gasteiger partial charge in [-0.3, -0.25) is 4.68 Å². The van der Waals surface area contributed by atoms with Gasteiger partial charge in [0.25, 0.3) is 0 Å². The lowest BCUT2D eigenvalue weighted by molar-refractivity contribution is 0.517. The second kappa shape index (κ2) is 7.41. The number of aromatic nitrogens is 2. The maximum absolute atomic E-state index is 4.54. The molecule has 2 aromatic rings. The van der Waals surface area contributed by atoms with Crippen LogP contribution in [0.25, 0.3) is 0 Å². The first-order valence-electron chi connectivity index (χ1n) is 7.95. The standard InChI is InChI=1S/C18H27N3/c1-5-9-19-18(6-2)17-11-20-21(13-17)12-16-10-14(3)7-8-15(16)4/h7-8,10-11,13,18-19H,5-6,9,12H2,1-4H3. The predicted octanol–water partition coefficient (Wildman–Crippen LogP) is 4.00. The van der Waals surface area contributed by atoms with E-state index in [9.17, 15) is 0 Å². The molecule has 1 aromatic heterocycles. The molecule has 0 fully saturated rings. The quantitative estimate of drug-likeness (QED) is 0.833. The fourth-order valence-electron chi connectivity index (χ4n) is 2.61. The molecule has 1 N–H and O–H groups in total. The van der Waals surface area contributed by atoms with E-state index in [1.165, 1.54) is 22.3 Å². The zero-order chi connectivity index (χ0) is 15.2. The maximum atomic E-state index is 4.54. The molecule has 2 rings (SSSR count). The van der Waals surface area contributed by atoms with Crippen LogP contribution in [0.4, 0.5) is 0 Å². The summed E-state index contributed by atoms with van der Waals surface area (Å²) in [6.45, 7) is 10.6. The Hall–Kier alpha value is -1.61. The highest BCUT2D eigenvalue weighted by molar-refractivity contribution is 5.30. The number of aryl methyl sites for hydroxylation is 2. The number of rotatable bonds is 7. The van der Waals surface area contributed by atoms with E-state index >= 15 is 0 Å². The molecule has 0 aliphatic heterocycles. The van der Waals surface area contributed by atoms with Crippen molar-refractivity contribution in [3.05, 3.63) is 52.8 Å². The van der Waals surface area contributed by atoms with Crippen molar-refractivity contribution in [3.63, 3.8) is 0 Å². The van der Waals surface area contributed by atoms with Gasteiger partial charge in [0.2, 0.25) is 0 Å². The highest BCUT2D eigenvalue weighted by Gasteiger charge is 2.11. The molecule has 0 aliphatic rings. The molecule has 3 heteroatoms. The summed E-state index contributed by atoms with van der Waals surface area (Å²) in [5.41, 5.74) is 5.27. The lowest BCUT2D eigenvalue weighted by Crippen LogP contribution is -2.21. The van der Waals surface area contributed by atoms with Gasteiger partial charge in [-0.15, -0.1) is 0 Å². The van der Waals surface area contributed by atoms with Gasteiger partial charge >= 0.3 is 0 Å². The minimum atomic E-state index is 0.414. The molecule has 0 bridgehead atoms. The molecule has 21 heavy (non-hydrogen) atoms. The number of hydrogen-bond acceptors (Lipinski definition) is 2. The van der Waals surface area contributed by atoms with Gasteiger partial charge in [0.15, 0.2) is 0 Å². The fraction of sp³-hybridized carbons (Fsp3) is 0.500. The van der Waals surface area contributed by atoms with Crippen molar-refractivity contribution in [2.75, 3.05) is 6.54 Å². The van der Waals surface area contributed by atoms with Crippen molar-refractivity contribution in [1.29, 1.82) is 0 Å². The number of nitrogens with zero attached hydrogens (tertiary/aromatic N) is 2. The van der Waals surface area contributed by atoms with E-state index in [4.69, 9.17) is 0 Å². The van der Waals surface area contributed by atoms with Crippen molar-refractivity contribution in [2.24, 2.45) is 0 Å². The molecule has 0 amide bonds. The van der Waals surface area contributed by atoms with E-state index in [0.717, 1.165) is 25.9 Å². The summed E-state index contributed by atoms with van der Waals surface area (Å²) in [4.78, 5) is 0. The van der Waals surface area contributed by atoms with E-state index in [1.54, 1.807) is 0 Å². The van der Waals surface area contributed by atoms with E-state index in [1.807, 2.05) is 10.9 Å². The van der Waals surface area contributed by atoms with Crippen LogP contribution in [0.5, 0.6) is 0 Å². The van der Waals surface area contributed by atoms with Gasteiger partial charge in [0.1, 0.15) is 0 Å². The van der Waals surface area contributed by atoms with Crippen LogP contribution in [0.3, 0.4) is 0 Å². The molecule has 0 spiro atoms. The van der Waals surface area contributed by atoms with Crippen LogP contribution in [0.1, 0.15) is 55.0 Å². The fourth-order valence-corrected chi connectivity index (χ4v) is 2.61. The van der Waals surface area contributed by atoms with E-state index in [2.05, 4.69) is 62.5 Å². The highest BCUT2D eigenvalue weighted by Crippen LogP contribution is 2.17. The van der Waals surface area contributed by atoms with Gasteiger partial charge in [-0.1, -0.05) is 37.6 Å². The molecule has 0 aliphatic carbocycles. The van der Waals surface area contributed by atoms with Gasteiger partial charge in [0.05, 0.1) is 12.7 Å². The van der Waals surface area contributed by atoms with E-state index < -0.39 is 0 Å². The molecule has 114 valence electrons. The molecule has 1 unspecified atom stereocenters. The van der Waals surface area contributed by atoms with Gasteiger partial charge in [-0.05, 0) is 44.4 Å². The molecule has 0 radical (unpaired) electrons. The number of nitrogens with one attached hydrogen (secondary N) is 1. The monoisotopic (exact) mass is 285 g/mol. The van der Waals surface area contributed by atoms with Crippen LogP contribution >= 0.6 is 0 Å². The summed E-state index contributed by atoms with van der Waals surface area (Å²) in [5.74, 6) is 0. The van der Waals surface area contributed by atoms with E-state index in [0.29, 0.717) is 6.04 Å². The van der Waals surface area contributed by atoms with Crippen LogP contribution in [0.15, 0.2) is 30.6 Å². The SMILES string of the molecule is CCCNC(CC)c1cnn(Cc2cc(C)ccc2C)c1. The summed E-state index contributed by atoms with van der Waals surface area (Å²) in [7, 11) is 0. The largest absolute Gasteiger partial charge is 0.310 e. The average Bonchev–Trinajstić information content (AvgIpc) is 2.92. The molecule has 1 atom stereocenters. The topological polar surface area (TPSA) is 29.9 Å². The molecule has 1 heterocycles. The second-order valence-electron chi connectivity index (χ2n) is 5.82. The van der Waals surface area contributed by atoms with Gasteiger partial charge in [-0.2, -0.15) is 5.10 Å². The Morgan fingerprint density at radius 2 is 2.05 bits per heavy atom. The van der Waals surface area contributed by atoms with Crippen molar-refractivity contribution >= 4 is 0 Å². The summed E-state index contributed by atoms with van der Waals surface area (Å²) in [6, 6.07) is 7.02. The zero-order valence-corrected chi connectivity index (χ0v) is 13.7. The lowest BCUT2D eigenvalue weighted by Gasteiger charge is -2.14. The van der Waals surface area contributed by atoms with Crippen molar-refractivity contribution in [3.8, 4) is 0 Å². The minimum Gasteiger partial charge on any atom is -0.310 e. The first-order valence-corrected chi connectivity index (χ1v) is 7.95. The summed E-state index contributed by atoms with van der Waals surface area (Å²) < 4.78 is 2.05. The summed E-state index contributed by atoms with van der Waals surface area (Å²) in [5, 5.41) is 8.12. The summed E-state index contributed by atoms with van der Waals surface area (Å²) in [6.07, 6.45) is 6.43. The van der Waals surface area contributed by atoms with Crippen LogP contribution in [0.2, 0.25) is 0 Å². The Morgan fingerprint density at radius 1 is 1.24 bits per heavy atom. The average molecular weight is 285 g/mol. The van der Waals surface area contributed by atoms with Crippen LogP contribution in [-0.4, -0.2) is 16.3 Å². The molecule has 0 saturated carbocycles. The minimum absolute atomic E-state index is 0.414. The lowest BCUT2D eigenvalue weighted by atomic mass is 10.1. The maximum Gasteiger partial charge on any atom is 0.0662 e. The molecule has 1 aromatic carbocycles. The van der Waals surface area contributed by atoms with Gasteiger partial charge in [-0.25, -0.2) is 0 Å². The first-order chi connectivity index (χ1) is 10.1. The smallest absolute Gasteiger partial charge is 0.0662 e. The molecule has 3 nitrogen and oxygen atoms in total. The van der Waals surface area contributed by atoms with Crippen LogP contribution in [-0.2, 0) is 6.54 Å². The number of hydrogen-bond donors (Lipinski definition) is 1. The Morgan fingerprint density at radius 3 is 2.76 bits per heavy atom. The third-order valence-corrected chi connectivity index (χ3v) is 3.94. The predicted molar refractivity (Wildman–Crippen MR) is 88.6 cm³/mol. The second-order valence-corrected chi connectivity index (χ2v) is 5.82. The van der Waals surface area contributed by atoms with Gasteiger partial charge in [0, 0.05) is 17.8 Å². The van der Waals surface area contributed by atoms with Crippen LogP contribution in [0, 0.1) is 13.8 Å². The molecular weight excluding hydrogens is 258 g/mol. The Bertz CT molecular complexity index is 572. The number of benzene rings is 1. The molecular formula is C18H27N3. The Balaban J connectivity index is 2.10.